The lowest BCUT2D eigenvalue weighted by atomic mass is 10.1. The summed E-state index contributed by atoms with van der Waals surface area (Å²) in [6, 6.07) is 1.31. The topological polar surface area (TPSA) is 33.5 Å². The van der Waals surface area contributed by atoms with E-state index in [9.17, 15) is 0 Å². The van der Waals surface area contributed by atoms with Crippen molar-refractivity contribution in [2.24, 2.45) is 0 Å². The molecule has 0 amide bonds. The fourth-order valence-corrected chi connectivity index (χ4v) is 2.39. The average molecular weight is 238 g/mol. The van der Waals surface area contributed by atoms with E-state index in [2.05, 4.69) is 29.8 Å². The molecule has 0 aliphatic carbocycles. The van der Waals surface area contributed by atoms with Gasteiger partial charge in [-0.1, -0.05) is 13.8 Å². The predicted octanol–water partition coefficient (Wildman–Crippen LogP) is 1.20. The molecule has 2 rings (SSSR count). The molecule has 2 heterocycles. The molecular weight excluding hydrogens is 212 g/mol. The lowest BCUT2D eigenvalue weighted by Gasteiger charge is -2.46. The van der Waals surface area contributed by atoms with Crippen LogP contribution in [0.2, 0.25) is 0 Å². The number of nitrogens with zero attached hydrogens (tertiary/aromatic N) is 4. The average Bonchev–Trinajstić information content (AvgIpc) is 2.31. The maximum Gasteiger partial charge on any atom is 0.179 e. The Bertz CT molecular complexity index is 245. The van der Waals surface area contributed by atoms with Gasteiger partial charge in [0, 0.05) is 51.4 Å². The fourth-order valence-electron chi connectivity index (χ4n) is 2.39. The minimum absolute atomic E-state index is 0.638. The van der Waals surface area contributed by atoms with Gasteiger partial charge in [0.2, 0.25) is 0 Å². The van der Waals surface area contributed by atoms with Gasteiger partial charge < -0.3 is 4.90 Å². The van der Waals surface area contributed by atoms with E-state index in [1.165, 1.54) is 26.2 Å². The molecule has 0 unspecified atom stereocenters. The van der Waals surface area contributed by atoms with E-state index in [1.54, 1.807) is 0 Å². The molecule has 0 atom stereocenters. The monoisotopic (exact) mass is 238 g/mol. The van der Waals surface area contributed by atoms with Gasteiger partial charge in [-0.2, -0.15) is 5.26 Å². The summed E-state index contributed by atoms with van der Waals surface area (Å²) < 4.78 is 0. The molecule has 98 valence electrons. The van der Waals surface area contributed by atoms with Crippen molar-refractivity contribution >= 4 is 0 Å². The van der Waals surface area contributed by atoms with Crippen molar-refractivity contribution in [1.82, 2.24) is 14.7 Å². The highest BCUT2D eigenvalue weighted by atomic mass is 15.3. The molecule has 2 saturated heterocycles. The molecular formula is C13H26N4. The quantitative estimate of drug-likeness (QED) is 0.677. The second kappa shape index (κ2) is 6.83. The summed E-state index contributed by atoms with van der Waals surface area (Å²) >= 11 is 0. The molecule has 4 nitrogen and oxygen atoms in total. The van der Waals surface area contributed by atoms with Gasteiger partial charge in [0.05, 0.1) is 0 Å². The van der Waals surface area contributed by atoms with Gasteiger partial charge in [0.25, 0.3) is 0 Å². The van der Waals surface area contributed by atoms with Gasteiger partial charge in [0.15, 0.2) is 6.19 Å². The molecule has 0 aromatic carbocycles. The second-order valence-electron chi connectivity index (χ2n) is 4.82. The summed E-state index contributed by atoms with van der Waals surface area (Å²) in [6.07, 6.45) is 2.19. The first-order valence-corrected chi connectivity index (χ1v) is 6.83. The molecule has 0 spiro atoms. The highest BCUT2D eigenvalue weighted by Gasteiger charge is 2.33. The standard InChI is InChI=1S/C11H20N4.C2H6/c1-10(2)14-3-5-15(6-4-14)11-7-13(8-11)9-12;1-2/h10-11H,3-8H2,1-2H3;1-2H3. The fraction of sp³-hybridized carbons (Fsp3) is 0.923. The van der Waals surface area contributed by atoms with Crippen LogP contribution in [0.4, 0.5) is 0 Å². The first kappa shape index (κ1) is 14.3. The van der Waals surface area contributed by atoms with Crippen molar-refractivity contribution in [3.8, 4) is 6.19 Å². The first-order chi connectivity index (χ1) is 8.20. The number of rotatable bonds is 2. The van der Waals surface area contributed by atoms with E-state index in [1.807, 2.05) is 18.7 Å². The molecule has 17 heavy (non-hydrogen) atoms. The van der Waals surface area contributed by atoms with E-state index >= 15 is 0 Å². The van der Waals surface area contributed by atoms with Crippen LogP contribution < -0.4 is 0 Å². The van der Waals surface area contributed by atoms with Crippen molar-refractivity contribution in [3.63, 3.8) is 0 Å². The number of hydrogen-bond acceptors (Lipinski definition) is 4. The van der Waals surface area contributed by atoms with Gasteiger partial charge in [-0.3, -0.25) is 9.80 Å². The largest absolute Gasteiger partial charge is 0.307 e. The van der Waals surface area contributed by atoms with Crippen molar-refractivity contribution in [3.05, 3.63) is 0 Å². The Morgan fingerprint density at radius 2 is 1.59 bits per heavy atom. The van der Waals surface area contributed by atoms with Crippen molar-refractivity contribution < 1.29 is 0 Å². The zero-order valence-corrected chi connectivity index (χ0v) is 11.7. The molecule has 0 aromatic heterocycles. The van der Waals surface area contributed by atoms with E-state index < -0.39 is 0 Å². The molecule has 0 N–H and O–H groups in total. The van der Waals surface area contributed by atoms with Crippen LogP contribution in [0.5, 0.6) is 0 Å². The summed E-state index contributed by atoms with van der Waals surface area (Å²) in [6.45, 7) is 15.1. The summed E-state index contributed by atoms with van der Waals surface area (Å²) in [5, 5.41) is 8.67. The van der Waals surface area contributed by atoms with Crippen LogP contribution in [0, 0.1) is 11.5 Å². The lowest BCUT2D eigenvalue weighted by molar-refractivity contribution is 0.0225. The van der Waals surface area contributed by atoms with Crippen LogP contribution in [-0.4, -0.2) is 66.1 Å². The summed E-state index contributed by atoms with van der Waals surface area (Å²) in [4.78, 5) is 6.89. The maximum atomic E-state index is 8.67. The Hall–Kier alpha value is -0.790. The van der Waals surface area contributed by atoms with Crippen LogP contribution in [0.25, 0.3) is 0 Å². The van der Waals surface area contributed by atoms with Gasteiger partial charge in [-0.25, -0.2) is 0 Å². The maximum absolute atomic E-state index is 8.67. The SMILES string of the molecule is CC.CC(C)N1CCN(C2CN(C#N)C2)CC1. The van der Waals surface area contributed by atoms with Crippen molar-refractivity contribution in [1.29, 1.82) is 5.26 Å². The Morgan fingerprint density at radius 1 is 1.06 bits per heavy atom. The van der Waals surface area contributed by atoms with Gasteiger partial charge in [-0.05, 0) is 13.8 Å². The van der Waals surface area contributed by atoms with E-state index in [0.717, 1.165) is 13.1 Å². The highest BCUT2D eigenvalue weighted by molar-refractivity contribution is 4.95. The molecule has 0 bridgehead atoms. The van der Waals surface area contributed by atoms with E-state index in [0.29, 0.717) is 12.1 Å². The van der Waals surface area contributed by atoms with E-state index in [4.69, 9.17) is 5.26 Å². The van der Waals surface area contributed by atoms with E-state index in [-0.39, 0.29) is 0 Å². The van der Waals surface area contributed by atoms with Crippen molar-refractivity contribution in [2.45, 2.75) is 39.8 Å². The second-order valence-corrected chi connectivity index (χ2v) is 4.82. The normalized spacial score (nSPS) is 22.7. The Kier molecular flexibility index (Phi) is 5.73. The smallest absolute Gasteiger partial charge is 0.179 e. The molecule has 0 radical (unpaired) electrons. The third-order valence-corrected chi connectivity index (χ3v) is 3.60. The van der Waals surface area contributed by atoms with Crippen LogP contribution in [0.3, 0.4) is 0 Å². The Morgan fingerprint density at radius 3 is 2.00 bits per heavy atom. The number of hydrogen-bond donors (Lipinski definition) is 0. The number of nitriles is 1. The number of likely N-dealkylation sites (tertiary alicyclic amines) is 1. The van der Waals surface area contributed by atoms with Gasteiger partial charge >= 0.3 is 0 Å². The Balaban J connectivity index is 0.000000686. The van der Waals surface area contributed by atoms with Gasteiger partial charge in [-0.15, -0.1) is 0 Å². The third-order valence-electron chi connectivity index (χ3n) is 3.60. The van der Waals surface area contributed by atoms with Crippen molar-refractivity contribution in [2.75, 3.05) is 39.3 Å². The molecule has 4 heteroatoms. The van der Waals surface area contributed by atoms with Crippen LogP contribution in [0.15, 0.2) is 0 Å². The molecule has 0 aromatic rings. The summed E-state index contributed by atoms with van der Waals surface area (Å²) in [5.74, 6) is 0. The minimum Gasteiger partial charge on any atom is -0.307 e. The van der Waals surface area contributed by atoms with Crippen LogP contribution in [0.1, 0.15) is 27.7 Å². The minimum atomic E-state index is 0.638. The van der Waals surface area contributed by atoms with Crippen LogP contribution in [-0.2, 0) is 0 Å². The third kappa shape index (κ3) is 3.58. The predicted molar refractivity (Wildman–Crippen MR) is 70.6 cm³/mol. The van der Waals surface area contributed by atoms with Gasteiger partial charge in [0.1, 0.15) is 0 Å². The molecule has 2 fully saturated rings. The zero-order chi connectivity index (χ0) is 12.8. The molecule has 2 aliphatic heterocycles. The number of piperazine rings is 1. The summed E-state index contributed by atoms with van der Waals surface area (Å²) in [5.41, 5.74) is 0. The van der Waals surface area contributed by atoms with Crippen LogP contribution >= 0.6 is 0 Å². The molecule has 0 saturated carbocycles. The summed E-state index contributed by atoms with van der Waals surface area (Å²) in [7, 11) is 0. The molecule has 2 aliphatic rings. The first-order valence-electron chi connectivity index (χ1n) is 6.83. The highest BCUT2D eigenvalue weighted by Crippen LogP contribution is 2.16. The lowest BCUT2D eigenvalue weighted by Crippen LogP contribution is -2.62. The zero-order valence-electron chi connectivity index (χ0n) is 11.7. The Labute approximate surface area is 106 Å².